The van der Waals surface area contributed by atoms with Gasteiger partial charge in [-0.25, -0.2) is 4.98 Å². The number of nitrogens with zero attached hydrogens (tertiary/aromatic N) is 2. The molecule has 1 aromatic heterocycles. The monoisotopic (exact) mass is 304 g/mol. The van der Waals surface area contributed by atoms with Crippen molar-refractivity contribution in [2.24, 2.45) is 0 Å². The number of hydrogen-bond donors (Lipinski definition) is 0. The van der Waals surface area contributed by atoms with Gasteiger partial charge in [0.05, 0.1) is 12.6 Å². The standard InChI is InChI=1S/C17H21ClN2O/c1-20(14-5-3-4-6-14)11-13-9-12-7-8-15(21-2)10-16(12)19-17(13)18/h7-10,14H,3-6,11H2,1-2H3. The third kappa shape index (κ3) is 3.14. The molecule has 21 heavy (non-hydrogen) atoms. The molecule has 4 heteroatoms. The van der Waals surface area contributed by atoms with Gasteiger partial charge in [-0.2, -0.15) is 0 Å². The number of pyridine rings is 1. The van der Waals surface area contributed by atoms with Gasteiger partial charge in [0.25, 0.3) is 0 Å². The van der Waals surface area contributed by atoms with E-state index >= 15 is 0 Å². The van der Waals surface area contributed by atoms with Crippen LogP contribution in [0.4, 0.5) is 0 Å². The van der Waals surface area contributed by atoms with E-state index in [1.165, 1.54) is 25.7 Å². The molecule has 112 valence electrons. The molecular formula is C17H21ClN2O. The highest BCUT2D eigenvalue weighted by Gasteiger charge is 2.20. The molecule has 3 nitrogen and oxygen atoms in total. The Hall–Kier alpha value is -1.32. The molecule has 1 fully saturated rings. The molecule has 2 aromatic rings. The Morgan fingerprint density at radius 2 is 2.05 bits per heavy atom. The highest BCUT2D eigenvalue weighted by Crippen LogP contribution is 2.28. The van der Waals surface area contributed by atoms with Crippen LogP contribution in [0, 0.1) is 0 Å². The average Bonchev–Trinajstić information content (AvgIpc) is 3.02. The summed E-state index contributed by atoms with van der Waals surface area (Å²) in [7, 11) is 3.85. The Labute approximate surface area is 130 Å². The van der Waals surface area contributed by atoms with Gasteiger partial charge in [0.2, 0.25) is 0 Å². The minimum absolute atomic E-state index is 0.598. The molecule has 1 heterocycles. The molecule has 3 rings (SSSR count). The average molecular weight is 305 g/mol. The summed E-state index contributed by atoms with van der Waals surface area (Å²) in [6, 6.07) is 8.76. The van der Waals surface area contributed by atoms with Crippen LogP contribution < -0.4 is 4.74 Å². The van der Waals surface area contributed by atoms with Crippen molar-refractivity contribution in [1.29, 1.82) is 0 Å². The number of hydrogen-bond acceptors (Lipinski definition) is 3. The summed E-state index contributed by atoms with van der Waals surface area (Å²) < 4.78 is 5.23. The van der Waals surface area contributed by atoms with Crippen LogP contribution >= 0.6 is 11.6 Å². The molecule has 0 unspecified atom stereocenters. The number of ether oxygens (including phenoxy) is 1. The zero-order valence-electron chi connectivity index (χ0n) is 12.6. The van der Waals surface area contributed by atoms with Gasteiger partial charge in [0.15, 0.2) is 0 Å². The van der Waals surface area contributed by atoms with Gasteiger partial charge in [-0.05, 0) is 38.1 Å². The van der Waals surface area contributed by atoms with Crippen LogP contribution in [0.15, 0.2) is 24.3 Å². The number of benzene rings is 1. The van der Waals surface area contributed by atoms with E-state index in [2.05, 4.69) is 23.0 Å². The summed E-state index contributed by atoms with van der Waals surface area (Å²) in [6.07, 6.45) is 5.29. The van der Waals surface area contributed by atoms with Crippen LogP contribution in [0.2, 0.25) is 5.15 Å². The van der Waals surface area contributed by atoms with E-state index < -0.39 is 0 Å². The van der Waals surface area contributed by atoms with E-state index in [0.717, 1.165) is 28.8 Å². The van der Waals surface area contributed by atoms with Crippen molar-refractivity contribution >= 4 is 22.5 Å². The molecule has 0 bridgehead atoms. The highest BCUT2D eigenvalue weighted by atomic mass is 35.5. The van der Waals surface area contributed by atoms with Crippen molar-refractivity contribution < 1.29 is 4.74 Å². The van der Waals surface area contributed by atoms with E-state index in [1.54, 1.807) is 7.11 Å². The largest absolute Gasteiger partial charge is 0.497 e. The SMILES string of the molecule is COc1ccc2cc(CN(C)C3CCCC3)c(Cl)nc2c1. The number of methoxy groups -OCH3 is 1. The topological polar surface area (TPSA) is 25.4 Å². The van der Waals surface area contributed by atoms with Gasteiger partial charge in [-0.3, -0.25) is 4.90 Å². The number of halogens is 1. The Kier molecular flexibility index (Phi) is 4.32. The van der Waals surface area contributed by atoms with Gasteiger partial charge >= 0.3 is 0 Å². The third-order valence-electron chi connectivity index (χ3n) is 4.42. The first-order valence-electron chi connectivity index (χ1n) is 7.51. The van der Waals surface area contributed by atoms with Gasteiger partial charge in [-0.1, -0.05) is 24.4 Å². The molecule has 0 radical (unpaired) electrons. The van der Waals surface area contributed by atoms with E-state index in [0.29, 0.717) is 11.2 Å². The second-order valence-corrected chi connectivity index (χ2v) is 6.21. The van der Waals surface area contributed by atoms with Crippen molar-refractivity contribution in [3.05, 3.63) is 35.0 Å². The van der Waals surface area contributed by atoms with Crippen LogP contribution in [0.25, 0.3) is 10.9 Å². The maximum Gasteiger partial charge on any atom is 0.134 e. The lowest BCUT2D eigenvalue weighted by Crippen LogP contribution is -2.28. The van der Waals surface area contributed by atoms with Crippen molar-refractivity contribution in [3.8, 4) is 5.75 Å². The Balaban J connectivity index is 1.86. The molecule has 1 saturated carbocycles. The highest BCUT2D eigenvalue weighted by molar-refractivity contribution is 6.30. The first-order chi connectivity index (χ1) is 10.2. The van der Waals surface area contributed by atoms with Crippen LogP contribution in [0.3, 0.4) is 0 Å². The van der Waals surface area contributed by atoms with Gasteiger partial charge < -0.3 is 4.74 Å². The molecular weight excluding hydrogens is 284 g/mol. The Bertz CT molecular complexity index is 638. The predicted octanol–water partition coefficient (Wildman–Crippen LogP) is 4.27. The fourth-order valence-electron chi connectivity index (χ4n) is 3.15. The lowest BCUT2D eigenvalue weighted by Gasteiger charge is -2.24. The van der Waals surface area contributed by atoms with E-state index in [-0.39, 0.29) is 0 Å². The molecule has 1 aromatic carbocycles. The zero-order chi connectivity index (χ0) is 14.8. The molecule has 1 aliphatic rings. The smallest absolute Gasteiger partial charge is 0.134 e. The molecule has 1 aliphatic carbocycles. The summed E-state index contributed by atoms with van der Waals surface area (Å²) >= 11 is 6.37. The maximum absolute atomic E-state index is 6.37. The summed E-state index contributed by atoms with van der Waals surface area (Å²) in [6.45, 7) is 0.860. The van der Waals surface area contributed by atoms with E-state index in [9.17, 15) is 0 Å². The van der Waals surface area contributed by atoms with Crippen molar-refractivity contribution in [1.82, 2.24) is 9.88 Å². The number of rotatable bonds is 4. The van der Waals surface area contributed by atoms with Gasteiger partial charge in [0, 0.05) is 29.6 Å². The molecule has 0 aliphatic heterocycles. The van der Waals surface area contributed by atoms with E-state index in [4.69, 9.17) is 16.3 Å². The second kappa shape index (κ2) is 6.20. The van der Waals surface area contributed by atoms with Crippen molar-refractivity contribution in [2.75, 3.05) is 14.2 Å². The lowest BCUT2D eigenvalue weighted by molar-refractivity contribution is 0.237. The third-order valence-corrected chi connectivity index (χ3v) is 4.75. The maximum atomic E-state index is 6.37. The van der Waals surface area contributed by atoms with Crippen LogP contribution in [-0.2, 0) is 6.54 Å². The molecule has 0 amide bonds. The lowest BCUT2D eigenvalue weighted by atomic mass is 10.1. The van der Waals surface area contributed by atoms with Crippen LogP contribution in [0.5, 0.6) is 5.75 Å². The van der Waals surface area contributed by atoms with E-state index in [1.807, 2.05) is 18.2 Å². The summed E-state index contributed by atoms with van der Waals surface area (Å²) in [4.78, 5) is 6.93. The first-order valence-corrected chi connectivity index (χ1v) is 7.88. The summed E-state index contributed by atoms with van der Waals surface area (Å²) in [5, 5.41) is 1.70. The fourth-order valence-corrected chi connectivity index (χ4v) is 3.35. The zero-order valence-corrected chi connectivity index (χ0v) is 13.4. The van der Waals surface area contributed by atoms with Gasteiger partial charge in [0.1, 0.15) is 10.9 Å². The van der Waals surface area contributed by atoms with Crippen LogP contribution in [0.1, 0.15) is 31.2 Å². The summed E-state index contributed by atoms with van der Waals surface area (Å²) in [5.41, 5.74) is 1.98. The molecule has 0 atom stereocenters. The summed E-state index contributed by atoms with van der Waals surface area (Å²) in [5.74, 6) is 0.807. The minimum Gasteiger partial charge on any atom is -0.497 e. The second-order valence-electron chi connectivity index (χ2n) is 5.85. The number of aromatic nitrogens is 1. The molecule has 0 saturated heterocycles. The Morgan fingerprint density at radius 3 is 2.76 bits per heavy atom. The molecule has 0 N–H and O–H groups in total. The van der Waals surface area contributed by atoms with Crippen molar-refractivity contribution in [2.45, 2.75) is 38.3 Å². The van der Waals surface area contributed by atoms with Crippen LogP contribution in [-0.4, -0.2) is 30.1 Å². The van der Waals surface area contributed by atoms with Crippen molar-refractivity contribution in [3.63, 3.8) is 0 Å². The van der Waals surface area contributed by atoms with Gasteiger partial charge in [-0.15, -0.1) is 0 Å². The first kappa shape index (κ1) is 14.6. The normalized spacial score (nSPS) is 16.0. The minimum atomic E-state index is 0.598. The Morgan fingerprint density at radius 1 is 1.29 bits per heavy atom. The molecule has 0 spiro atoms. The predicted molar refractivity (Wildman–Crippen MR) is 87.0 cm³/mol. The fraction of sp³-hybridized carbons (Fsp3) is 0.471. The number of fused-ring (bicyclic) bond motifs is 1. The quantitative estimate of drug-likeness (QED) is 0.789.